The first-order valence-corrected chi connectivity index (χ1v) is 8.95. The lowest BCUT2D eigenvalue weighted by Crippen LogP contribution is -2.31. The number of rotatable bonds is 5. The summed E-state index contributed by atoms with van der Waals surface area (Å²) in [5.41, 5.74) is 2.66. The standard InChI is InChI=1S/C20H23N5O/c21-10-8-16-4-6-18(7-5-16)24-20(26)23-15-17-9-11-22-19(14-17)25-12-2-1-3-13-25/h4-7,9,11,14H,1-3,8,12-13,15H2,(H2,23,24,26). The van der Waals surface area contributed by atoms with Crippen molar-refractivity contribution in [1.82, 2.24) is 10.3 Å². The molecule has 1 fully saturated rings. The largest absolute Gasteiger partial charge is 0.357 e. The molecule has 0 atom stereocenters. The summed E-state index contributed by atoms with van der Waals surface area (Å²) >= 11 is 0. The highest BCUT2D eigenvalue weighted by Gasteiger charge is 2.12. The molecular formula is C20H23N5O. The fraction of sp³-hybridized carbons (Fsp3) is 0.350. The SMILES string of the molecule is N#CCc1ccc(NC(=O)NCc2ccnc(N3CCCCC3)c2)cc1. The van der Waals surface area contributed by atoms with Crippen LogP contribution in [0.15, 0.2) is 42.6 Å². The predicted molar refractivity (Wildman–Crippen MR) is 102 cm³/mol. The first-order chi connectivity index (χ1) is 12.7. The summed E-state index contributed by atoms with van der Waals surface area (Å²) < 4.78 is 0. The molecule has 1 aromatic carbocycles. The second kappa shape index (κ2) is 8.86. The van der Waals surface area contributed by atoms with Crippen molar-refractivity contribution >= 4 is 17.5 Å². The van der Waals surface area contributed by atoms with E-state index >= 15 is 0 Å². The summed E-state index contributed by atoms with van der Waals surface area (Å²) in [7, 11) is 0. The van der Waals surface area contributed by atoms with Gasteiger partial charge >= 0.3 is 6.03 Å². The number of piperidine rings is 1. The van der Waals surface area contributed by atoms with Crippen LogP contribution < -0.4 is 15.5 Å². The van der Waals surface area contributed by atoms with Crippen LogP contribution in [0.4, 0.5) is 16.3 Å². The Morgan fingerprint density at radius 1 is 1.12 bits per heavy atom. The molecule has 1 saturated heterocycles. The maximum Gasteiger partial charge on any atom is 0.319 e. The Hall–Kier alpha value is -3.07. The Morgan fingerprint density at radius 2 is 1.88 bits per heavy atom. The van der Waals surface area contributed by atoms with Crippen molar-refractivity contribution in [2.24, 2.45) is 0 Å². The molecule has 0 aliphatic carbocycles. The predicted octanol–water partition coefficient (Wildman–Crippen LogP) is 3.46. The van der Waals surface area contributed by atoms with Crippen LogP contribution in [0, 0.1) is 11.3 Å². The van der Waals surface area contributed by atoms with Gasteiger partial charge in [0.1, 0.15) is 5.82 Å². The van der Waals surface area contributed by atoms with Crippen LogP contribution in [0.5, 0.6) is 0 Å². The highest BCUT2D eigenvalue weighted by atomic mass is 16.2. The Kier molecular flexibility index (Phi) is 6.05. The number of hydrogen-bond donors (Lipinski definition) is 2. The maximum atomic E-state index is 12.1. The number of nitrogens with zero attached hydrogens (tertiary/aromatic N) is 3. The monoisotopic (exact) mass is 349 g/mol. The smallest absolute Gasteiger partial charge is 0.319 e. The van der Waals surface area contributed by atoms with Crippen LogP contribution in [0.3, 0.4) is 0 Å². The lowest BCUT2D eigenvalue weighted by atomic mass is 10.1. The summed E-state index contributed by atoms with van der Waals surface area (Å²) in [6, 6.07) is 13.1. The summed E-state index contributed by atoms with van der Waals surface area (Å²) in [5.74, 6) is 0.984. The second-order valence-corrected chi connectivity index (χ2v) is 6.41. The minimum Gasteiger partial charge on any atom is -0.357 e. The topological polar surface area (TPSA) is 81.0 Å². The van der Waals surface area contributed by atoms with Gasteiger partial charge in [-0.15, -0.1) is 0 Å². The third kappa shape index (κ3) is 4.96. The molecular weight excluding hydrogens is 326 g/mol. The number of pyridine rings is 1. The molecule has 1 aromatic heterocycles. The maximum absolute atomic E-state index is 12.1. The van der Waals surface area contributed by atoms with E-state index in [1.807, 2.05) is 24.3 Å². The van der Waals surface area contributed by atoms with Crippen LogP contribution >= 0.6 is 0 Å². The molecule has 2 N–H and O–H groups in total. The van der Waals surface area contributed by atoms with Crippen molar-refractivity contribution in [2.75, 3.05) is 23.3 Å². The average molecular weight is 349 g/mol. The second-order valence-electron chi connectivity index (χ2n) is 6.41. The molecule has 1 aliphatic rings. The van der Waals surface area contributed by atoms with Gasteiger partial charge in [-0.25, -0.2) is 9.78 Å². The van der Waals surface area contributed by atoms with Gasteiger partial charge < -0.3 is 15.5 Å². The summed E-state index contributed by atoms with van der Waals surface area (Å²) in [6.45, 7) is 2.54. The Morgan fingerprint density at radius 3 is 2.62 bits per heavy atom. The van der Waals surface area contributed by atoms with Gasteiger partial charge in [-0.1, -0.05) is 12.1 Å². The number of benzene rings is 1. The van der Waals surface area contributed by atoms with Crippen LogP contribution in [0.25, 0.3) is 0 Å². The molecule has 6 nitrogen and oxygen atoms in total. The number of amides is 2. The number of aromatic nitrogens is 1. The van der Waals surface area contributed by atoms with Crippen molar-refractivity contribution in [1.29, 1.82) is 5.26 Å². The van der Waals surface area contributed by atoms with E-state index in [0.29, 0.717) is 18.7 Å². The van der Waals surface area contributed by atoms with E-state index in [1.165, 1.54) is 19.3 Å². The third-order valence-corrected chi connectivity index (χ3v) is 4.44. The molecule has 0 unspecified atom stereocenters. The minimum absolute atomic E-state index is 0.255. The van der Waals surface area contributed by atoms with E-state index in [9.17, 15) is 4.79 Å². The van der Waals surface area contributed by atoms with Crippen molar-refractivity contribution in [3.05, 3.63) is 53.7 Å². The number of carbonyl (C=O) groups excluding carboxylic acids is 1. The molecule has 134 valence electrons. The Balaban J connectivity index is 1.51. The zero-order valence-electron chi connectivity index (χ0n) is 14.7. The molecule has 2 heterocycles. The zero-order valence-corrected chi connectivity index (χ0v) is 14.7. The fourth-order valence-electron chi connectivity index (χ4n) is 3.02. The van der Waals surface area contributed by atoms with Crippen LogP contribution in [0.2, 0.25) is 0 Å². The van der Waals surface area contributed by atoms with Gasteiger partial charge in [0, 0.05) is 31.5 Å². The van der Waals surface area contributed by atoms with E-state index in [1.54, 1.807) is 18.3 Å². The molecule has 2 aromatic rings. The van der Waals surface area contributed by atoms with Crippen LogP contribution in [0.1, 0.15) is 30.4 Å². The molecule has 0 radical (unpaired) electrons. The molecule has 26 heavy (non-hydrogen) atoms. The highest BCUT2D eigenvalue weighted by molar-refractivity contribution is 5.89. The first kappa shape index (κ1) is 17.7. The van der Waals surface area contributed by atoms with Crippen molar-refractivity contribution < 1.29 is 4.79 Å². The van der Waals surface area contributed by atoms with Gasteiger partial charge in [0.15, 0.2) is 0 Å². The number of nitriles is 1. The molecule has 0 saturated carbocycles. The van der Waals surface area contributed by atoms with Gasteiger partial charge in [-0.05, 0) is 54.7 Å². The normalized spacial score (nSPS) is 13.7. The van der Waals surface area contributed by atoms with E-state index in [-0.39, 0.29) is 6.03 Å². The van der Waals surface area contributed by atoms with Gasteiger partial charge in [0.25, 0.3) is 0 Å². The number of urea groups is 1. The van der Waals surface area contributed by atoms with E-state index in [0.717, 1.165) is 30.0 Å². The minimum atomic E-state index is -0.255. The molecule has 1 aliphatic heterocycles. The Labute approximate surface area is 153 Å². The van der Waals surface area contributed by atoms with Gasteiger partial charge in [0.05, 0.1) is 12.5 Å². The summed E-state index contributed by atoms with van der Waals surface area (Å²) in [6.07, 6.45) is 5.87. The number of carbonyl (C=O) groups is 1. The number of anilines is 2. The van der Waals surface area contributed by atoms with Gasteiger partial charge in [0.2, 0.25) is 0 Å². The molecule has 0 spiro atoms. The van der Waals surface area contributed by atoms with E-state index < -0.39 is 0 Å². The zero-order chi connectivity index (χ0) is 18.2. The number of hydrogen-bond acceptors (Lipinski definition) is 4. The molecule has 3 rings (SSSR count). The van der Waals surface area contributed by atoms with Crippen molar-refractivity contribution in [2.45, 2.75) is 32.2 Å². The van der Waals surface area contributed by atoms with E-state index in [2.05, 4.69) is 26.6 Å². The summed E-state index contributed by atoms with van der Waals surface area (Å²) in [5, 5.41) is 14.3. The number of nitrogens with one attached hydrogen (secondary N) is 2. The lowest BCUT2D eigenvalue weighted by Gasteiger charge is -2.27. The van der Waals surface area contributed by atoms with Crippen LogP contribution in [-0.4, -0.2) is 24.1 Å². The van der Waals surface area contributed by atoms with Crippen molar-refractivity contribution in [3.8, 4) is 6.07 Å². The van der Waals surface area contributed by atoms with Gasteiger partial charge in [-0.2, -0.15) is 5.26 Å². The summed E-state index contributed by atoms with van der Waals surface area (Å²) in [4.78, 5) is 18.8. The van der Waals surface area contributed by atoms with Crippen molar-refractivity contribution in [3.63, 3.8) is 0 Å². The molecule has 0 bridgehead atoms. The fourth-order valence-corrected chi connectivity index (χ4v) is 3.02. The average Bonchev–Trinajstić information content (AvgIpc) is 2.69. The van der Waals surface area contributed by atoms with Crippen LogP contribution in [-0.2, 0) is 13.0 Å². The molecule has 6 heteroatoms. The molecule has 2 amide bonds. The Bertz CT molecular complexity index is 776. The quantitative estimate of drug-likeness (QED) is 0.866. The first-order valence-electron chi connectivity index (χ1n) is 8.95. The lowest BCUT2D eigenvalue weighted by molar-refractivity contribution is 0.251. The van der Waals surface area contributed by atoms with Gasteiger partial charge in [-0.3, -0.25) is 0 Å². The third-order valence-electron chi connectivity index (χ3n) is 4.44. The van der Waals surface area contributed by atoms with E-state index in [4.69, 9.17) is 5.26 Å². The highest BCUT2D eigenvalue weighted by Crippen LogP contribution is 2.18.